The van der Waals surface area contributed by atoms with E-state index in [2.05, 4.69) is 34.5 Å². The highest BCUT2D eigenvalue weighted by atomic mass is 16.5. The van der Waals surface area contributed by atoms with E-state index in [0.29, 0.717) is 53.9 Å². The van der Waals surface area contributed by atoms with Crippen LogP contribution in [0.5, 0.6) is 5.75 Å². The van der Waals surface area contributed by atoms with E-state index in [-0.39, 0.29) is 18.6 Å². The molecule has 192 valence electrons. The molecule has 0 aromatic carbocycles. The standard InChI is InChI=1S/C25H37N5O5/c1-5-8-17(6-2)15-34-25(33)26-14-21-23(28-29-30(21)4)20-11-12-22(16(3)27-20)35-19-10-7-9-18(13-19)24(31)32/h11-12,17-19H,5-10,13-15H2,1-4H3,(H,26,33)(H,31,32)/t17?,18-,19-/m0/s1. The first kappa shape index (κ1) is 26.4. The van der Waals surface area contributed by atoms with Crippen LogP contribution in [0.1, 0.15) is 70.2 Å². The zero-order chi connectivity index (χ0) is 25.4. The Balaban J connectivity index is 1.63. The molecule has 1 amide bonds. The number of aryl methyl sites for hydroxylation is 2. The number of nitrogens with one attached hydrogen (secondary N) is 1. The molecule has 1 fully saturated rings. The normalized spacial score (nSPS) is 18.6. The van der Waals surface area contributed by atoms with Crippen LogP contribution >= 0.6 is 0 Å². The number of carbonyl (C=O) groups is 2. The van der Waals surface area contributed by atoms with Crippen molar-refractivity contribution >= 4 is 12.1 Å². The number of amides is 1. The molecule has 1 unspecified atom stereocenters. The van der Waals surface area contributed by atoms with Crippen LogP contribution in [-0.2, 0) is 23.1 Å². The maximum atomic E-state index is 12.2. The third-order valence-corrected chi connectivity index (χ3v) is 6.62. The molecule has 2 aromatic heterocycles. The Labute approximate surface area is 206 Å². The number of hydrogen-bond donors (Lipinski definition) is 2. The number of rotatable bonds is 11. The van der Waals surface area contributed by atoms with E-state index in [0.717, 1.165) is 32.1 Å². The van der Waals surface area contributed by atoms with E-state index in [1.807, 2.05) is 19.1 Å². The molecule has 2 aromatic rings. The highest BCUT2D eigenvalue weighted by Gasteiger charge is 2.28. The van der Waals surface area contributed by atoms with E-state index < -0.39 is 12.1 Å². The molecule has 3 atom stereocenters. The van der Waals surface area contributed by atoms with Crippen LogP contribution in [-0.4, -0.2) is 49.9 Å². The van der Waals surface area contributed by atoms with Crippen LogP contribution in [0.3, 0.4) is 0 Å². The summed E-state index contributed by atoms with van der Waals surface area (Å²) in [6, 6.07) is 3.64. The maximum Gasteiger partial charge on any atom is 0.407 e. The van der Waals surface area contributed by atoms with Gasteiger partial charge < -0.3 is 19.9 Å². The average molecular weight is 488 g/mol. The Kier molecular flexibility index (Phi) is 9.45. The topological polar surface area (TPSA) is 128 Å². The second-order valence-corrected chi connectivity index (χ2v) is 9.24. The van der Waals surface area contributed by atoms with E-state index in [9.17, 15) is 14.7 Å². The highest BCUT2D eigenvalue weighted by molar-refractivity contribution is 5.70. The third-order valence-electron chi connectivity index (χ3n) is 6.62. The van der Waals surface area contributed by atoms with Gasteiger partial charge in [-0.05, 0) is 57.1 Å². The molecule has 0 aliphatic heterocycles. The van der Waals surface area contributed by atoms with Gasteiger partial charge in [-0.3, -0.25) is 4.79 Å². The van der Waals surface area contributed by atoms with Crippen molar-refractivity contribution in [1.29, 1.82) is 0 Å². The summed E-state index contributed by atoms with van der Waals surface area (Å²) in [6.45, 7) is 6.69. The van der Waals surface area contributed by atoms with Gasteiger partial charge in [0.15, 0.2) is 0 Å². The number of alkyl carbamates (subject to hydrolysis) is 1. The fraction of sp³-hybridized carbons (Fsp3) is 0.640. The summed E-state index contributed by atoms with van der Waals surface area (Å²) >= 11 is 0. The van der Waals surface area contributed by atoms with E-state index in [4.69, 9.17) is 9.47 Å². The van der Waals surface area contributed by atoms with E-state index in [1.165, 1.54) is 0 Å². The summed E-state index contributed by atoms with van der Waals surface area (Å²) in [5.41, 5.74) is 2.59. The lowest BCUT2D eigenvalue weighted by atomic mass is 9.87. The molecule has 2 heterocycles. The third kappa shape index (κ3) is 7.16. The molecule has 0 bridgehead atoms. The van der Waals surface area contributed by atoms with Gasteiger partial charge >= 0.3 is 12.1 Å². The number of aromatic nitrogens is 4. The zero-order valence-corrected chi connectivity index (χ0v) is 21.1. The summed E-state index contributed by atoms with van der Waals surface area (Å²) in [5.74, 6) is -0.116. The summed E-state index contributed by atoms with van der Waals surface area (Å²) in [4.78, 5) is 28.2. The molecule has 3 rings (SSSR count). The number of carboxylic acids is 1. The van der Waals surface area contributed by atoms with Crippen LogP contribution in [0, 0.1) is 18.8 Å². The molecular weight excluding hydrogens is 450 g/mol. The maximum absolute atomic E-state index is 12.2. The molecular formula is C25H37N5O5. The van der Waals surface area contributed by atoms with Crippen molar-refractivity contribution in [2.75, 3.05) is 6.61 Å². The number of aliphatic carboxylic acids is 1. The minimum absolute atomic E-state index is 0.136. The second kappa shape index (κ2) is 12.5. The Bertz CT molecular complexity index is 1010. The first-order chi connectivity index (χ1) is 16.8. The van der Waals surface area contributed by atoms with Crippen molar-refractivity contribution in [3.8, 4) is 17.1 Å². The van der Waals surface area contributed by atoms with Crippen molar-refractivity contribution in [2.24, 2.45) is 18.9 Å². The summed E-state index contributed by atoms with van der Waals surface area (Å²) < 4.78 is 13.1. The predicted molar refractivity (Wildman–Crippen MR) is 130 cm³/mol. The van der Waals surface area contributed by atoms with Crippen molar-refractivity contribution in [3.63, 3.8) is 0 Å². The first-order valence-electron chi connectivity index (χ1n) is 12.5. The van der Waals surface area contributed by atoms with Crippen LogP contribution in [0.2, 0.25) is 0 Å². The van der Waals surface area contributed by atoms with Crippen molar-refractivity contribution in [3.05, 3.63) is 23.5 Å². The molecule has 0 radical (unpaired) electrons. The molecule has 35 heavy (non-hydrogen) atoms. The van der Waals surface area contributed by atoms with Gasteiger partial charge in [0.1, 0.15) is 11.4 Å². The summed E-state index contributed by atoms with van der Waals surface area (Å²) in [6.07, 6.45) is 5.33. The number of hydrogen-bond acceptors (Lipinski definition) is 7. The number of pyridine rings is 1. The number of nitrogens with zero attached hydrogens (tertiary/aromatic N) is 4. The second-order valence-electron chi connectivity index (χ2n) is 9.24. The monoisotopic (exact) mass is 487 g/mol. The number of carbonyl (C=O) groups excluding carboxylic acids is 1. The smallest absolute Gasteiger partial charge is 0.407 e. The molecule has 2 N–H and O–H groups in total. The minimum atomic E-state index is -0.762. The van der Waals surface area contributed by atoms with Crippen LogP contribution in [0.25, 0.3) is 11.4 Å². The van der Waals surface area contributed by atoms with Crippen molar-refractivity contribution in [1.82, 2.24) is 25.3 Å². The molecule has 1 aliphatic carbocycles. The van der Waals surface area contributed by atoms with Gasteiger partial charge in [0.05, 0.1) is 42.3 Å². The average Bonchev–Trinajstić information content (AvgIpc) is 3.22. The van der Waals surface area contributed by atoms with Gasteiger partial charge in [0, 0.05) is 7.05 Å². The van der Waals surface area contributed by atoms with Crippen molar-refractivity contribution < 1.29 is 24.2 Å². The van der Waals surface area contributed by atoms with Gasteiger partial charge in [0.2, 0.25) is 0 Å². The fourth-order valence-corrected chi connectivity index (χ4v) is 4.45. The van der Waals surface area contributed by atoms with E-state index >= 15 is 0 Å². The Morgan fingerprint density at radius 1 is 1.29 bits per heavy atom. The molecule has 1 saturated carbocycles. The molecule has 1 aliphatic rings. The van der Waals surface area contributed by atoms with Gasteiger partial charge in [0.25, 0.3) is 0 Å². The summed E-state index contributed by atoms with van der Waals surface area (Å²) in [5, 5.41) is 20.4. The Morgan fingerprint density at radius 2 is 2.09 bits per heavy atom. The van der Waals surface area contributed by atoms with E-state index in [1.54, 1.807) is 11.7 Å². The fourth-order valence-electron chi connectivity index (χ4n) is 4.45. The van der Waals surface area contributed by atoms with Gasteiger partial charge in [-0.1, -0.05) is 31.9 Å². The number of ether oxygens (including phenoxy) is 2. The molecule has 0 spiro atoms. The summed E-state index contributed by atoms with van der Waals surface area (Å²) in [7, 11) is 1.76. The van der Waals surface area contributed by atoms with Gasteiger partial charge in [-0.25, -0.2) is 14.5 Å². The lowest BCUT2D eigenvalue weighted by Gasteiger charge is -2.27. The first-order valence-corrected chi connectivity index (χ1v) is 12.5. The van der Waals surface area contributed by atoms with Gasteiger partial charge in [-0.2, -0.15) is 0 Å². The number of carboxylic acid groups (broad SMARTS) is 1. The SMILES string of the molecule is CCCC(CC)COC(=O)NCc1c(-c2ccc(O[C@H]3CCC[C@H](C(=O)O)C3)c(C)n2)nnn1C. The minimum Gasteiger partial charge on any atom is -0.489 e. The van der Waals surface area contributed by atoms with Crippen molar-refractivity contribution in [2.45, 2.75) is 78.4 Å². The van der Waals surface area contributed by atoms with Crippen LogP contribution in [0.4, 0.5) is 4.79 Å². The van der Waals surface area contributed by atoms with Crippen LogP contribution in [0.15, 0.2) is 12.1 Å². The lowest BCUT2D eigenvalue weighted by molar-refractivity contribution is -0.143. The Morgan fingerprint density at radius 3 is 2.77 bits per heavy atom. The lowest BCUT2D eigenvalue weighted by Crippen LogP contribution is -2.29. The van der Waals surface area contributed by atoms with Gasteiger partial charge in [-0.15, -0.1) is 5.10 Å². The largest absolute Gasteiger partial charge is 0.489 e. The quantitative estimate of drug-likeness (QED) is 0.481. The predicted octanol–water partition coefficient (Wildman–Crippen LogP) is 4.26. The highest BCUT2D eigenvalue weighted by Crippen LogP contribution is 2.30. The Hall–Kier alpha value is -3.17. The zero-order valence-electron chi connectivity index (χ0n) is 21.1. The van der Waals surface area contributed by atoms with Crippen LogP contribution < -0.4 is 10.1 Å². The molecule has 10 nitrogen and oxygen atoms in total. The molecule has 0 saturated heterocycles. The molecule has 10 heteroatoms.